The molecule has 2 aromatic rings. The summed E-state index contributed by atoms with van der Waals surface area (Å²) in [5.41, 5.74) is 2.00. The summed E-state index contributed by atoms with van der Waals surface area (Å²) in [6.07, 6.45) is 3.78. The minimum atomic E-state index is 0.703. The van der Waals surface area contributed by atoms with E-state index in [2.05, 4.69) is 10.3 Å². The maximum absolute atomic E-state index is 5.96. The highest BCUT2D eigenvalue weighted by molar-refractivity contribution is 6.30. The predicted molar refractivity (Wildman–Crippen MR) is 72.2 cm³/mol. The second kappa shape index (κ2) is 6.54. The Kier molecular flexibility index (Phi) is 4.75. The zero-order chi connectivity index (χ0) is 12.8. The summed E-state index contributed by atoms with van der Waals surface area (Å²) >= 11 is 5.96. The summed E-state index contributed by atoms with van der Waals surface area (Å²) in [7, 11) is 1.69. The maximum atomic E-state index is 5.96. The molecule has 4 nitrogen and oxygen atoms in total. The first-order chi connectivity index (χ1) is 8.79. The lowest BCUT2D eigenvalue weighted by Gasteiger charge is -2.02. The number of ether oxygens (including phenoxy) is 1. The average Bonchev–Trinajstić information content (AvgIpc) is 2.83. The van der Waals surface area contributed by atoms with Crippen molar-refractivity contribution in [3.8, 4) is 5.69 Å². The van der Waals surface area contributed by atoms with E-state index >= 15 is 0 Å². The highest BCUT2D eigenvalue weighted by Gasteiger charge is 2.01. The Morgan fingerprint density at radius 1 is 1.44 bits per heavy atom. The van der Waals surface area contributed by atoms with Crippen LogP contribution in [0.15, 0.2) is 36.8 Å². The summed E-state index contributed by atoms with van der Waals surface area (Å²) in [5, 5.41) is 3.97. The molecule has 2 rings (SSSR count). The van der Waals surface area contributed by atoms with Gasteiger partial charge in [-0.25, -0.2) is 4.98 Å². The van der Waals surface area contributed by atoms with Gasteiger partial charge >= 0.3 is 0 Å². The van der Waals surface area contributed by atoms with Crippen molar-refractivity contribution in [3.63, 3.8) is 0 Å². The third-order valence-corrected chi connectivity index (χ3v) is 2.77. The molecule has 18 heavy (non-hydrogen) atoms. The van der Waals surface area contributed by atoms with E-state index in [4.69, 9.17) is 16.3 Å². The van der Waals surface area contributed by atoms with Gasteiger partial charge in [0.05, 0.1) is 18.6 Å². The van der Waals surface area contributed by atoms with E-state index in [-0.39, 0.29) is 0 Å². The molecule has 1 heterocycles. The lowest BCUT2D eigenvalue weighted by atomic mass is 10.3. The lowest BCUT2D eigenvalue weighted by Crippen LogP contribution is -2.18. The molecule has 1 aromatic heterocycles. The molecule has 0 aliphatic heterocycles. The molecule has 1 aromatic carbocycles. The summed E-state index contributed by atoms with van der Waals surface area (Å²) in [5.74, 6) is 0. The number of benzene rings is 1. The molecule has 0 unspecified atom stereocenters. The number of nitrogens with one attached hydrogen (secondary N) is 1. The SMILES string of the molecule is COCCNCc1cn(-c2cccc(Cl)c2)cn1. The molecule has 0 spiro atoms. The Balaban J connectivity index is 1.97. The number of rotatable bonds is 6. The van der Waals surface area contributed by atoms with Crippen LogP contribution in [-0.2, 0) is 11.3 Å². The van der Waals surface area contributed by atoms with Crippen LogP contribution in [0.3, 0.4) is 0 Å². The fraction of sp³-hybridized carbons (Fsp3) is 0.308. The number of methoxy groups -OCH3 is 1. The van der Waals surface area contributed by atoms with Crippen LogP contribution in [0.1, 0.15) is 5.69 Å². The number of halogens is 1. The standard InChI is InChI=1S/C13H16ClN3O/c1-18-6-5-15-8-12-9-17(10-16-12)13-4-2-3-11(14)7-13/h2-4,7,9-10,15H,5-6,8H2,1H3. The van der Waals surface area contributed by atoms with Crippen LogP contribution in [0.5, 0.6) is 0 Å². The molecule has 0 radical (unpaired) electrons. The van der Waals surface area contributed by atoms with Gasteiger partial charge in [-0.05, 0) is 18.2 Å². The molecule has 0 aliphatic carbocycles. The Hall–Kier alpha value is -1.36. The van der Waals surface area contributed by atoms with Crippen molar-refractivity contribution >= 4 is 11.6 Å². The molecule has 0 saturated heterocycles. The minimum Gasteiger partial charge on any atom is -0.383 e. The molecular formula is C13H16ClN3O. The minimum absolute atomic E-state index is 0.703. The monoisotopic (exact) mass is 265 g/mol. The fourth-order valence-corrected chi connectivity index (χ4v) is 1.81. The normalized spacial score (nSPS) is 10.8. The zero-order valence-electron chi connectivity index (χ0n) is 10.3. The number of hydrogen-bond acceptors (Lipinski definition) is 3. The van der Waals surface area contributed by atoms with Crippen molar-refractivity contribution < 1.29 is 4.74 Å². The molecule has 0 fully saturated rings. The summed E-state index contributed by atoms with van der Waals surface area (Å²) in [4.78, 5) is 4.34. The highest BCUT2D eigenvalue weighted by Crippen LogP contribution is 2.14. The highest BCUT2D eigenvalue weighted by atomic mass is 35.5. The fourth-order valence-electron chi connectivity index (χ4n) is 1.62. The van der Waals surface area contributed by atoms with E-state index < -0.39 is 0 Å². The van der Waals surface area contributed by atoms with Gasteiger partial charge in [-0.15, -0.1) is 0 Å². The average molecular weight is 266 g/mol. The Labute approximate surface area is 112 Å². The van der Waals surface area contributed by atoms with E-state index in [9.17, 15) is 0 Å². The molecule has 1 N–H and O–H groups in total. The topological polar surface area (TPSA) is 39.1 Å². The summed E-state index contributed by atoms with van der Waals surface area (Å²) in [6, 6.07) is 7.68. The summed E-state index contributed by atoms with van der Waals surface area (Å²) in [6.45, 7) is 2.26. The van der Waals surface area contributed by atoms with Crippen molar-refractivity contribution in [1.29, 1.82) is 0 Å². The largest absolute Gasteiger partial charge is 0.383 e. The Morgan fingerprint density at radius 2 is 2.33 bits per heavy atom. The van der Waals surface area contributed by atoms with Gasteiger partial charge in [0.2, 0.25) is 0 Å². The first-order valence-electron chi connectivity index (χ1n) is 5.78. The molecule has 0 atom stereocenters. The maximum Gasteiger partial charge on any atom is 0.0995 e. The quantitative estimate of drug-likeness (QED) is 0.815. The van der Waals surface area contributed by atoms with Crippen LogP contribution in [-0.4, -0.2) is 29.8 Å². The van der Waals surface area contributed by atoms with Gasteiger partial charge in [-0.3, -0.25) is 0 Å². The zero-order valence-corrected chi connectivity index (χ0v) is 11.0. The van der Waals surface area contributed by atoms with Crippen molar-refractivity contribution in [3.05, 3.63) is 47.5 Å². The van der Waals surface area contributed by atoms with Crippen LogP contribution < -0.4 is 5.32 Å². The molecule has 5 heteroatoms. The van der Waals surface area contributed by atoms with Crippen LogP contribution in [0.2, 0.25) is 5.02 Å². The van der Waals surface area contributed by atoms with Gasteiger partial charge in [0.1, 0.15) is 0 Å². The van der Waals surface area contributed by atoms with E-state index in [0.717, 1.165) is 29.5 Å². The van der Waals surface area contributed by atoms with Gasteiger partial charge in [0.15, 0.2) is 0 Å². The third-order valence-electron chi connectivity index (χ3n) is 2.53. The summed E-state index contributed by atoms with van der Waals surface area (Å²) < 4.78 is 6.92. The van der Waals surface area contributed by atoms with Gasteiger partial charge < -0.3 is 14.6 Å². The van der Waals surface area contributed by atoms with Crippen LogP contribution in [0.25, 0.3) is 5.69 Å². The van der Waals surface area contributed by atoms with Gasteiger partial charge in [-0.2, -0.15) is 0 Å². The van der Waals surface area contributed by atoms with Gasteiger partial charge in [0.25, 0.3) is 0 Å². The van der Waals surface area contributed by atoms with E-state index in [1.165, 1.54) is 0 Å². The molecule has 0 saturated carbocycles. The first-order valence-corrected chi connectivity index (χ1v) is 6.16. The van der Waals surface area contributed by atoms with Crippen LogP contribution in [0.4, 0.5) is 0 Å². The second-order valence-corrected chi connectivity index (χ2v) is 4.36. The molecule has 0 aliphatic rings. The number of hydrogen-bond donors (Lipinski definition) is 1. The van der Waals surface area contributed by atoms with Crippen molar-refractivity contribution in [2.24, 2.45) is 0 Å². The molecule has 0 amide bonds. The Bertz CT molecular complexity index is 498. The van der Waals surface area contributed by atoms with Crippen LogP contribution >= 0.6 is 11.6 Å². The first kappa shape index (κ1) is 13.1. The number of aromatic nitrogens is 2. The number of nitrogens with zero attached hydrogens (tertiary/aromatic N) is 2. The Morgan fingerprint density at radius 3 is 3.11 bits per heavy atom. The van der Waals surface area contributed by atoms with Gasteiger partial charge in [0, 0.05) is 37.1 Å². The van der Waals surface area contributed by atoms with Crippen LogP contribution in [0, 0.1) is 0 Å². The van der Waals surface area contributed by atoms with Crippen molar-refractivity contribution in [2.45, 2.75) is 6.54 Å². The van der Waals surface area contributed by atoms with Crippen molar-refractivity contribution in [1.82, 2.24) is 14.9 Å². The van der Waals surface area contributed by atoms with E-state index in [0.29, 0.717) is 6.61 Å². The van der Waals surface area contributed by atoms with E-state index in [1.807, 2.05) is 35.0 Å². The predicted octanol–water partition coefficient (Wildman–Crippen LogP) is 2.26. The van der Waals surface area contributed by atoms with Gasteiger partial charge in [-0.1, -0.05) is 17.7 Å². The second-order valence-electron chi connectivity index (χ2n) is 3.92. The molecule has 96 valence electrons. The molecular weight excluding hydrogens is 250 g/mol. The van der Waals surface area contributed by atoms with E-state index in [1.54, 1.807) is 13.4 Å². The third kappa shape index (κ3) is 3.57. The molecule has 0 bridgehead atoms. The van der Waals surface area contributed by atoms with Crippen molar-refractivity contribution in [2.75, 3.05) is 20.3 Å². The number of imidazole rings is 1. The smallest absolute Gasteiger partial charge is 0.0995 e. The lowest BCUT2D eigenvalue weighted by molar-refractivity contribution is 0.199.